The Morgan fingerprint density at radius 1 is 1.11 bits per heavy atom. The lowest BCUT2D eigenvalue weighted by Crippen LogP contribution is -1.87. The van der Waals surface area contributed by atoms with Gasteiger partial charge < -0.3 is 5.73 Å². The molecule has 0 aliphatic heterocycles. The number of anilines is 1. The van der Waals surface area contributed by atoms with Gasteiger partial charge in [0.25, 0.3) is 0 Å². The van der Waals surface area contributed by atoms with Gasteiger partial charge in [-0.2, -0.15) is 0 Å². The minimum atomic E-state index is 0.830. The quantitative estimate of drug-likeness (QED) is 0.648. The van der Waals surface area contributed by atoms with Gasteiger partial charge in [0.05, 0.1) is 0 Å². The fraction of sp³-hybridized carbons (Fsp3) is 0.125. The van der Waals surface area contributed by atoms with Gasteiger partial charge in [-0.25, -0.2) is 0 Å². The molecule has 1 nitrogen and oxygen atoms in total. The first-order valence-corrected chi connectivity index (χ1v) is 6.95. The van der Waals surface area contributed by atoms with Crippen molar-refractivity contribution in [3.8, 4) is 0 Å². The second-order valence-electron chi connectivity index (χ2n) is 4.15. The van der Waals surface area contributed by atoms with Crippen molar-refractivity contribution in [2.24, 2.45) is 0 Å². The standard InChI is InChI=1S/C16H17NS/c1-13-12-15(17)9-10-16(13)18-11-5-8-14-6-3-2-4-7-14/h2-10,12H,11,17H2,1H3/b8-5+. The number of nitrogens with two attached hydrogens (primary N) is 1. The molecule has 0 bridgehead atoms. The van der Waals surface area contributed by atoms with E-state index in [4.69, 9.17) is 5.73 Å². The number of nitrogen functional groups attached to an aromatic ring is 1. The fourth-order valence-corrected chi connectivity index (χ4v) is 2.54. The fourth-order valence-electron chi connectivity index (χ4n) is 1.72. The Bertz CT molecular complexity index is 532. The highest BCUT2D eigenvalue weighted by molar-refractivity contribution is 7.99. The molecule has 0 radical (unpaired) electrons. The van der Waals surface area contributed by atoms with E-state index >= 15 is 0 Å². The zero-order chi connectivity index (χ0) is 12.8. The van der Waals surface area contributed by atoms with Crippen molar-refractivity contribution in [1.29, 1.82) is 0 Å². The topological polar surface area (TPSA) is 26.0 Å². The summed E-state index contributed by atoms with van der Waals surface area (Å²) in [7, 11) is 0. The number of benzene rings is 2. The summed E-state index contributed by atoms with van der Waals surface area (Å²) in [4.78, 5) is 1.29. The zero-order valence-electron chi connectivity index (χ0n) is 10.5. The molecule has 0 atom stereocenters. The van der Waals surface area contributed by atoms with E-state index in [9.17, 15) is 0 Å². The van der Waals surface area contributed by atoms with Crippen LogP contribution in [0, 0.1) is 6.92 Å². The number of rotatable bonds is 4. The van der Waals surface area contributed by atoms with E-state index in [2.05, 4.69) is 49.4 Å². The number of thioether (sulfide) groups is 1. The maximum atomic E-state index is 5.74. The van der Waals surface area contributed by atoms with E-state index in [0.29, 0.717) is 0 Å². The molecule has 2 aromatic rings. The molecule has 2 aromatic carbocycles. The molecule has 0 aromatic heterocycles. The summed E-state index contributed by atoms with van der Waals surface area (Å²) in [6.45, 7) is 2.10. The highest BCUT2D eigenvalue weighted by atomic mass is 32.2. The SMILES string of the molecule is Cc1cc(N)ccc1SC/C=C/c1ccccc1. The largest absolute Gasteiger partial charge is 0.399 e. The lowest BCUT2D eigenvalue weighted by atomic mass is 10.2. The van der Waals surface area contributed by atoms with Crippen molar-refractivity contribution in [3.63, 3.8) is 0 Å². The summed E-state index contributed by atoms with van der Waals surface area (Å²) in [5.41, 5.74) is 9.05. The summed E-state index contributed by atoms with van der Waals surface area (Å²) in [6, 6.07) is 16.4. The van der Waals surface area contributed by atoms with Gasteiger partial charge in [0, 0.05) is 16.3 Å². The molecule has 0 unspecified atom stereocenters. The molecule has 0 aliphatic rings. The molecule has 92 valence electrons. The Balaban J connectivity index is 1.91. The van der Waals surface area contributed by atoms with Crippen LogP contribution in [-0.2, 0) is 0 Å². The molecule has 0 heterocycles. The minimum Gasteiger partial charge on any atom is -0.399 e. The third-order valence-corrected chi connectivity index (χ3v) is 3.77. The third kappa shape index (κ3) is 3.67. The predicted molar refractivity (Wildman–Crippen MR) is 81.8 cm³/mol. The van der Waals surface area contributed by atoms with Gasteiger partial charge in [-0.05, 0) is 36.2 Å². The van der Waals surface area contributed by atoms with Crippen LogP contribution in [-0.4, -0.2) is 5.75 Å². The van der Waals surface area contributed by atoms with Crippen molar-refractivity contribution in [2.45, 2.75) is 11.8 Å². The average molecular weight is 255 g/mol. The van der Waals surface area contributed by atoms with Crippen molar-refractivity contribution in [1.82, 2.24) is 0 Å². The van der Waals surface area contributed by atoms with Crippen LogP contribution in [0.2, 0.25) is 0 Å². The molecule has 2 N–H and O–H groups in total. The monoisotopic (exact) mass is 255 g/mol. The van der Waals surface area contributed by atoms with Crippen molar-refractivity contribution < 1.29 is 0 Å². The number of aryl methyl sites for hydroxylation is 1. The summed E-state index contributed by atoms with van der Waals surface area (Å²) < 4.78 is 0. The molecule has 18 heavy (non-hydrogen) atoms. The Labute approximate surface area is 113 Å². The van der Waals surface area contributed by atoms with Crippen molar-refractivity contribution in [2.75, 3.05) is 11.5 Å². The average Bonchev–Trinajstić information content (AvgIpc) is 2.38. The van der Waals surface area contributed by atoms with Gasteiger partial charge in [0.2, 0.25) is 0 Å². The molecule has 2 rings (SSSR count). The first-order chi connectivity index (χ1) is 8.75. The van der Waals surface area contributed by atoms with Crippen LogP contribution < -0.4 is 5.73 Å². The molecule has 0 saturated heterocycles. The summed E-state index contributed by atoms with van der Waals surface area (Å²) >= 11 is 1.83. The van der Waals surface area contributed by atoms with Crippen LogP contribution in [0.4, 0.5) is 5.69 Å². The normalized spacial score (nSPS) is 10.9. The van der Waals surface area contributed by atoms with E-state index in [-0.39, 0.29) is 0 Å². The van der Waals surface area contributed by atoms with E-state index < -0.39 is 0 Å². The van der Waals surface area contributed by atoms with E-state index in [1.54, 1.807) is 0 Å². The van der Waals surface area contributed by atoms with Crippen LogP contribution in [0.15, 0.2) is 59.5 Å². The summed E-state index contributed by atoms with van der Waals surface area (Å²) in [6.07, 6.45) is 4.34. The smallest absolute Gasteiger partial charge is 0.0317 e. The number of hydrogen-bond acceptors (Lipinski definition) is 2. The van der Waals surface area contributed by atoms with Crippen LogP contribution in [0.3, 0.4) is 0 Å². The summed E-state index contributed by atoms with van der Waals surface area (Å²) in [5.74, 6) is 0.972. The molecule has 0 aliphatic carbocycles. The maximum absolute atomic E-state index is 5.74. The molecule has 2 heteroatoms. The van der Waals surface area contributed by atoms with Crippen LogP contribution in [0.5, 0.6) is 0 Å². The Kier molecular flexibility index (Phi) is 4.48. The Hall–Kier alpha value is -1.67. The maximum Gasteiger partial charge on any atom is 0.0317 e. The van der Waals surface area contributed by atoms with Gasteiger partial charge in [-0.3, -0.25) is 0 Å². The van der Waals surface area contributed by atoms with Gasteiger partial charge in [0.15, 0.2) is 0 Å². The van der Waals surface area contributed by atoms with Crippen molar-refractivity contribution in [3.05, 3.63) is 65.7 Å². The van der Waals surface area contributed by atoms with E-state index in [0.717, 1.165) is 11.4 Å². The Morgan fingerprint density at radius 3 is 2.61 bits per heavy atom. The molecule has 0 amide bonds. The van der Waals surface area contributed by atoms with E-state index in [1.807, 2.05) is 30.0 Å². The van der Waals surface area contributed by atoms with Gasteiger partial charge in [-0.15, -0.1) is 11.8 Å². The van der Waals surface area contributed by atoms with Gasteiger partial charge in [0.1, 0.15) is 0 Å². The molecular weight excluding hydrogens is 238 g/mol. The first-order valence-electron chi connectivity index (χ1n) is 5.96. The van der Waals surface area contributed by atoms with Crippen LogP contribution in [0.1, 0.15) is 11.1 Å². The zero-order valence-corrected chi connectivity index (χ0v) is 11.3. The lowest BCUT2D eigenvalue weighted by molar-refractivity contribution is 1.31. The van der Waals surface area contributed by atoms with Gasteiger partial charge >= 0.3 is 0 Å². The third-order valence-electron chi connectivity index (χ3n) is 2.64. The first kappa shape index (κ1) is 12.8. The predicted octanol–water partition coefficient (Wildman–Crippen LogP) is 4.38. The second kappa shape index (κ2) is 6.31. The lowest BCUT2D eigenvalue weighted by Gasteiger charge is -2.04. The Morgan fingerprint density at radius 2 is 1.89 bits per heavy atom. The number of hydrogen-bond donors (Lipinski definition) is 1. The van der Waals surface area contributed by atoms with Gasteiger partial charge in [-0.1, -0.05) is 42.5 Å². The molecular formula is C16H17NS. The molecule has 0 saturated carbocycles. The van der Waals surface area contributed by atoms with Crippen LogP contribution in [0.25, 0.3) is 6.08 Å². The highest BCUT2D eigenvalue weighted by Gasteiger charge is 1.97. The highest BCUT2D eigenvalue weighted by Crippen LogP contribution is 2.24. The second-order valence-corrected chi connectivity index (χ2v) is 5.21. The van der Waals surface area contributed by atoms with Crippen LogP contribution >= 0.6 is 11.8 Å². The minimum absolute atomic E-state index is 0.830. The van der Waals surface area contributed by atoms with E-state index in [1.165, 1.54) is 16.0 Å². The van der Waals surface area contributed by atoms with Crippen molar-refractivity contribution >= 4 is 23.5 Å². The summed E-state index contributed by atoms with van der Waals surface area (Å²) in [5, 5.41) is 0. The molecule has 0 spiro atoms. The molecule has 0 fully saturated rings.